The molecule has 0 heterocycles. The number of amides is 2. The molecule has 0 bridgehead atoms. The van der Waals surface area contributed by atoms with Crippen LogP contribution in [0.15, 0.2) is 71.6 Å². The van der Waals surface area contributed by atoms with Crippen LogP contribution in [0.1, 0.15) is 55.7 Å². The van der Waals surface area contributed by atoms with Crippen LogP contribution in [0.4, 0.5) is 5.69 Å². The van der Waals surface area contributed by atoms with Crippen LogP contribution in [0, 0.1) is 13.8 Å². The Morgan fingerprint density at radius 1 is 0.881 bits per heavy atom. The highest BCUT2D eigenvalue weighted by Crippen LogP contribution is 2.27. The maximum atomic E-state index is 14.1. The lowest BCUT2D eigenvalue weighted by molar-refractivity contribution is -0.139. The van der Waals surface area contributed by atoms with Gasteiger partial charge in [0.25, 0.3) is 10.0 Å². The van der Waals surface area contributed by atoms with Gasteiger partial charge in [-0.05, 0) is 98.8 Å². The van der Waals surface area contributed by atoms with Gasteiger partial charge in [0.2, 0.25) is 11.8 Å². The molecule has 1 atom stereocenters. The maximum absolute atomic E-state index is 14.1. The number of halogens is 2. The van der Waals surface area contributed by atoms with Gasteiger partial charge in [-0.1, -0.05) is 60.7 Å². The summed E-state index contributed by atoms with van der Waals surface area (Å²) in [5.74, 6) is -0.769. The molecule has 1 aliphatic rings. The minimum Gasteiger partial charge on any atom is -0.352 e. The Hall–Kier alpha value is -3.07. The molecule has 0 radical (unpaired) electrons. The normalized spacial score (nSPS) is 14.7. The van der Waals surface area contributed by atoms with E-state index in [4.69, 9.17) is 23.2 Å². The fourth-order valence-corrected chi connectivity index (χ4v) is 6.74. The van der Waals surface area contributed by atoms with Crippen LogP contribution in [0.25, 0.3) is 0 Å². The lowest BCUT2D eigenvalue weighted by Gasteiger charge is -2.33. The van der Waals surface area contributed by atoms with E-state index in [1.165, 1.54) is 29.2 Å². The average molecular weight is 631 g/mol. The zero-order valence-electron chi connectivity index (χ0n) is 24.1. The molecule has 1 N–H and O–H groups in total. The van der Waals surface area contributed by atoms with Crippen molar-refractivity contribution in [2.45, 2.75) is 76.4 Å². The van der Waals surface area contributed by atoms with Crippen molar-refractivity contribution < 1.29 is 18.0 Å². The van der Waals surface area contributed by atoms with Crippen molar-refractivity contribution in [1.82, 2.24) is 10.2 Å². The molecule has 3 aromatic rings. The second-order valence-corrected chi connectivity index (χ2v) is 13.6. The number of carbonyl (C=O) groups is 2. The number of nitrogens with zero attached hydrogens (tertiary/aromatic N) is 2. The molecule has 0 saturated heterocycles. The topological polar surface area (TPSA) is 86.8 Å². The van der Waals surface area contributed by atoms with Crippen molar-refractivity contribution in [2.75, 3.05) is 10.8 Å². The van der Waals surface area contributed by atoms with Crippen LogP contribution >= 0.6 is 23.2 Å². The van der Waals surface area contributed by atoms with Gasteiger partial charge in [-0.2, -0.15) is 0 Å². The Bertz CT molecular complexity index is 1510. The lowest BCUT2D eigenvalue weighted by Crippen LogP contribution is -2.53. The monoisotopic (exact) mass is 629 g/mol. The number of benzene rings is 3. The van der Waals surface area contributed by atoms with E-state index in [-0.39, 0.29) is 23.4 Å². The fourth-order valence-electron chi connectivity index (χ4n) is 5.08. The highest BCUT2D eigenvalue weighted by molar-refractivity contribution is 7.92. The van der Waals surface area contributed by atoms with Crippen molar-refractivity contribution >= 4 is 50.7 Å². The van der Waals surface area contributed by atoms with E-state index in [1.807, 2.05) is 19.9 Å². The summed E-state index contributed by atoms with van der Waals surface area (Å²) in [6.45, 7) is 5.11. The first kappa shape index (κ1) is 31.9. The summed E-state index contributed by atoms with van der Waals surface area (Å²) in [7, 11) is -4.17. The summed E-state index contributed by atoms with van der Waals surface area (Å²) in [5, 5.41) is 4.06. The van der Waals surface area contributed by atoms with Crippen molar-refractivity contribution in [3.63, 3.8) is 0 Å². The molecule has 7 nitrogen and oxygen atoms in total. The lowest BCUT2D eigenvalue weighted by atomic mass is 9.95. The first-order valence-electron chi connectivity index (χ1n) is 14.2. The van der Waals surface area contributed by atoms with Crippen molar-refractivity contribution in [3.8, 4) is 0 Å². The van der Waals surface area contributed by atoms with E-state index in [0.717, 1.165) is 53.1 Å². The molecule has 224 valence electrons. The molecular weight excluding hydrogens is 593 g/mol. The van der Waals surface area contributed by atoms with Gasteiger partial charge in [0.1, 0.15) is 12.6 Å². The number of hydrogen-bond acceptors (Lipinski definition) is 4. The van der Waals surface area contributed by atoms with Gasteiger partial charge in [-0.15, -0.1) is 0 Å². The summed E-state index contributed by atoms with van der Waals surface area (Å²) in [4.78, 5) is 29.0. The van der Waals surface area contributed by atoms with Gasteiger partial charge in [0, 0.05) is 22.6 Å². The minimum atomic E-state index is -4.17. The SMILES string of the molecule is Cc1ccc(N(CC(=O)N(Cc2ccc(Cl)cc2)[C@@H](C)C(=O)NC2CCCCC2)S(=O)(=O)c2ccc(Cl)cc2)cc1C. The predicted molar refractivity (Wildman–Crippen MR) is 168 cm³/mol. The van der Waals surface area contributed by atoms with Crippen LogP contribution in [-0.4, -0.2) is 43.8 Å². The third-order valence-electron chi connectivity index (χ3n) is 7.84. The second-order valence-electron chi connectivity index (χ2n) is 10.9. The van der Waals surface area contributed by atoms with E-state index in [1.54, 1.807) is 43.3 Å². The minimum absolute atomic E-state index is 0.00488. The first-order chi connectivity index (χ1) is 20.0. The van der Waals surface area contributed by atoms with Gasteiger partial charge >= 0.3 is 0 Å². The molecule has 0 aromatic heterocycles. The number of anilines is 1. The van der Waals surface area contributed by atoms with Gasteiger partial charge in [0.15, 0.2) is 0 Å². The summed E-state index contributed by atoms with van der Waals surface area (Å²) < 4.78 is 29.1. The fraction of sp³-hybridized carbons (Fsp3) is 0.375. The van der Waals surface area contributed by atoms with Gasteiger partial charge in [0.05, 0.1) is 10.6 Å². The van der Waals surface area contributed by atoms with Gasteiger partial charge in [-0.3, -0.25) is 13.9 Å². The molecule has 3 aromatic carbocycles. The van der Waals surface area contributed by atoms with Crippen LogP contribution < -0.4 is 9.62 Å². The highest BCUT2D eigenvalue weighted by Gasteiger charge is 2.33. The average Bonchev–Trinajstić information content (AvgIpc) is 2.97. The Kier molecular flexibility index (Phi) is 10.6. The van der Waals surface area contributed by atoms with Crippen LogP contribution in [-0.2, 0) is 26.2 Å². The van der Waals surface area contributed by atoms with Gasteiger partial charge in [-0.25, -0.2) is 8.42 Å². The van der Waals surface area contributed by atoms with Crippen LogP contribution in [0.2, 0.25) is 10.0 Å². The van der Waals surface area contributed by atoms with E-state index >= 15 is 0 Å². The van der Waals surface area contributed by atoms with E-state index < -0.39 is 28.5 Å². The molecule has 10 heteroatoms. The van der Waals surface area contributed by atoms with Crippen molar-refractivity contribution in [3.05, 3.63) is 93.5 Å². The highest BCUT2D eigenvalue weighted by atomic mass is 35.5. The number of aryl methyl sites for hydroxylation is 2. The zero-order chi connectivity index (χ0) is 30.4. The summed E-state index contributed by atoms with van der Waals surface area (Å²) in [5.41, 5.74) is 3.00. The molecule has 1 aliphatic carbocycles. The molecule has 0 aliphatic heterocycles. The summed E-state index contributed by atoms with van der Waals surface area (Å²) >= 11 is 12.1. The third-order valence-corrected chi connectivity index (χ3v) is 10.1. The Balaban J connectivity index is 1.69. The van der Waals surface area contributed by atoms with Crippen molar-refractivity contribution in [2.24, 2.45) is 0 Å². The maximum Gasteiger partial charge on any atom is 0.264 e. The second kappa shape index (κ2) is 13.9. The quantitative estimate of drug-likeness (QED) is 0.271. The molecular formula is C32H37Cl2N3O4S. The standard InChI is InChI=1S/C32H37Cl2N3O4S/c1-22-9-16-29(19-23(22)2)37(42(40,41)30-17-14-27(34)15-18-30)21-31(38)36(20-25-10-12-26(33)13-11-25)24(3)32(39)35-28-7-5-4-6-8-28/h9-19,24,28H,4-8,20-21H2,1-3H3,(H,35,39)/t24-/m0/s1. The third kappa shape index (κ3) is 7.85. The zero-order valence-corrected chi connectivity index (χ0v) is 26.5. The first-order valence-corrected chi connectivity index (χ1v) is 16.3. The Morgan fingerprint density at radius 2 is 1.48 bits per heavy atom. The summed E-state index contributed by atoms with van der Waals surface area (Å²) in [6.07, 6.45) is 5.08. The summed E-state index contributed by atoms with van der Waals surface area (Å²) in [6, 6.07) is 17.4. The molecule has 4 rings (SSSR count). The number of carbonyl (C=O) groups excluding carboxylic acids is 2. The van der Waals surface area contributed by atoms with Crippen molar-refractivity contribution in [1.29, 1.82) is 0 Å². The van der Waals surface area contributed by atoms with E-state index in [0.29, 0.717) is 15.7 Å². The van der Waals surface area contributed by atoms with E-state index in [9.17, 15) is 18.0 Å². The van der Waals surface area contributed by atoms with E-state index in [2.05, 4.69) is 5.32 Å². The molecule has 1 saturated carbocycles. The molecule has 42 heavy (non-hydrogen) atoms. The Morgan fingerprint density at radius 3 is 2.07 bits per heavy atom. The molecule has 0 unspecified atom stereocenters. The molecule has 2 amide bonds. The van der Waals surface area contributed by atoms with Crippen LogP contribution in [0.3, 0.4) is 0 Å². The number of sulfonamides is 1. The Labute approximate surface area is 258 Å². The smallest absolute Gasteiger partial charge is 0.264 e. The molecule has 0 spiro atoms. The largest absolute Gasteiger partial charge is 0.352 e. The van der Waals surface area contributed by atoms with Gasteiger partial charge < -0.3 is 10.2 Å². The predicted octanol–water partition coefficient (Wildman–Crippen LogP) is 6.67. The van der Waals surface area contributed by atoms with Crippen LogP contribution in [0.5, 0.6) is 0 Å². The molecule has 1 fully saturated rings. The number of rotatable bonds is 10. The number of hydrogen-bond donors (Lipinski definition) is 1. The number of nitrogens with one attached hydrogen (secondary N) is 1.